The Balaban J connectivity index is 2.47. The number of ether oxygens (including phenoxy) is 2. The molecule has 0 spiro atoms. The maximum Gasteiger partial charge on any atom is 0.340 e. The fourth-order valence-corrected chi connectivity index (χ4v) is 3.08. The first-order valence-corrected chi connectivity index (χ1v) is 10.8. The van der Waals surface area contributed by atoms with Crippen LogP contribution in [0.15, 0.2) is 42.5 Å². The van der Waals surface area contributed by atoms with Crippen LogP contribution in [-0.2, 0) is 9.53 Å². The van der Waals surface area contributed by atoms with Gasteiger partial charge >= 0.3 is 5.97 Å². The Labute approximate surface area is 199 Å². The molecule has 0 saturated heterocycles. The van der Waals surface area contributed by atoms with E-state index in [2.05, 4.69) is 11.2 Å². The largest absolute Gasteiger partial charge is 0.481 e. The Morgan fingerprint density at radius 2 is 1.75 bits per heavy atom. The number of para-hydroxylation sites is 1. The number of terminal acetylenes is 1. The first kappa shape index (κ1) is 25.6. The molecule has 0 aromatic heterocycles. The summed E-state index contributed by atoms with van der Waals surface area (Å²) < 4.78 is 11.3. The minimum Gasteiger partial charge on any atom is -0.481 e. The van der Waals surface area contributed by atoms with Gasteiger partial charge in [-0.2, -0.15) is 0 Å². The minimum absolute atomic E-state index is 0.00417. The van der Waals surface area contributed by atoms with Gasteiger partial charge in [0.15, 0.2) is 0 Å². The van der Waals surface area contributed by atoms with Gasteiger partial charge in [0.05, 0.1) is 10.6 Å². The third-order valence-corrected chi connectivity index (χ3v) is 5.99. The number of hydrogen-bond donors (Lipinski definition) is 1. The molecular formula is C25H27Cl2NO4. The number of carbonyl (C=O) groups excluding carboxylic acids is 2. The number of nitrogens with one attached hydrogen (secondary N) is 1. The number of halogens is 2. The molecule has 7 heteroatoms. The van der Waals surface area contributed by atoms with Crippen LogP contribution >= 0.6 is 23.2 Å². The molecular weight excluding hydrogens is 449 g/mol. The van der Waals surface area contributed by atoms with Crippen LogP contribution in [0.3, 0.4) is 0 Å². The molecule has 0 aliphatic heterocycles. The summed E-state index contributed by atoms with van der Waals surface area (Å²) in [5, 5.41) is 3.49. The van der Waals surface area contributed by atoms with E-state index in [1.807, 2.05) is 34.6 Å². The molecule has 0 heterocycles. The van der Waals surface area contributed by atoms with Gasteiger partial charge in [0.1, 0.15) is 12.4 Å². The van der Waals surface area contributed by atoms with E-state index in [1.165, 1.54) is 18.2 Å². The van der Waals surface area contributed by atoms with Gasteiger partial charge < -0.3 is 14.8 Å². The van der Waals surface area contributed by atoms with Crippen molar-refractivity contribution in [1.82, 2.24) is 5.32 Å². The molecule has 0 fully saturated rings. The molecule has 0 saturated carbocycles. The Morgan fingerprint density at radius 1 is 1.09 bits per heavy atom. The molecule has 1 atom stereocenters. The highest BCUT2D eigenvalue weighted by Gasteiger charge is 2.38. The molecule has 0 aliphatic rings. The van der Waals surface area contributed by atoms with Crippen LogP contribution in [0.5, 0.6) is 5.75 Å². The summed E-state index contributed by atoms with van der Waals surface area (Å²) in [6.45, 7) is 9.82. The highest BCUT2D eigenvalue weighted by atomic mass is 35.5. The zero-order valence-electron chi connectivity index (χ0n) is 18.8. The van der Waals surface area contributed by atoms with Crippen molar-refractivity contribution in [2.24, 2.45) is 5.41 Å². The van der Waals surface area contributed by atoms with Gasteiger partial charge in [0, 0.05) is 16.1 Å². The maximum absolute atomic E-state index is 13.4. The van der Waals surface area contributed by atoms with E-state index in [0.29, 0.717) is 16.3 Å². The number of carbonyl (C=O) groups is 2. The quantitative estimate of drug-likeness (QED) is 0.403. The van der Waals surface area contributed by atoms with Crippen molar-refractivity contribution in [3.63, 3.8) is 0 Å². The second-order valence-electron chi connectivity index (χ2n) is 8.80. The van der Waals surface area contributed by atoms with E-state index in [9.17, 15) is 9.59 Å². The minimum atomic E-state index is -1.30. The smallest absolute Gasteiger partial charge is 0.340 e. The van der Waals surface area contributed by atoms with Gasteiger partial charge in [-0.15, -0.1) is 6.42 Å². The maximum atomic E-state index is 13.4. The lowest BCUT2D eigenvalue weighted by Crippen LogP contribution is -2.54. The van der Waals surface area contributed by atoms with Crippen molar-refractivity contribution in [3.8, 4) is 18.1 Å². The summed E-state index contributed by atoms with van der Waals surface area (Å²) in [6.07, 6.45) is 4.01. The van der Waals surface area contributed by atoms with E-state index in [1.54, 1.807) is 24.3 Å². The lowest BCUT2D eigenvalue weighted by atomic mass is 9.76. The predicted molar refractivity (Wildman–Crippen MR) is 127 cm³/mol. The molecule has 1 amide bonds. The van der Waals surface area contributed by atoms with Gasteiger partial charge in [0.25, 0.3) is 5.91 Å². The zero-order valence-corrected chi connectivity index (χ0v) is 20.3. The van der Waals surface area contributed by atoms with Crippen LogP contribution in [-0.4, -0.2) is 24.0 Å². The SMILES string of the molecule is C#CCOc1ccccc1C(OC(=O)c1ccc(Cl)cc1Cl)C(=O)NC(C)(C)C(C)(C)C. The van der Waals surface area contributed by atoms with E-state index < -0.39 is 23.5 Å². The average molecular weight is 476 g/mol. The van der Waals surface area contributed by atoms with Crippen molar-refractivity contribution in [1.29, 1.82) is 0 Å². The highest BCUT2D eigenvalue weighted by molar-refractivity contribution is 6.36. The standard InChI is InChI=1S/C25H27Cl2NO4/c1-7-14-31-20-11-9-8-10-18(20)21(22(29)28-25(5,6)24(2,3)4)32-23(30)17-13-12-16(26)15-19(17)27/h1,8-13,15,21H,14H2,2-6H3,(H,28,29). The molecule has 0 bridgehead atoms. The summed E-state index contributed by atoms with van der Waals surface area (Å²) in [5.41, 5.74) is -0.424. The Hall–Kier alpha value is -2.68. The van der Waals surface area contributed by atoms with E-state index in [0.717, 1.165) is 0 Å². The molecule has 2 aromatic carbocycles. The number of benzene rings is 2. The Kier molecular flexibility index (Phi) is 8.23. The highest BCUT2D eigenvalue weighted by Crippen LogP contribution is 2.34. The Bertz CT molecular complexity index is 1030. The van der Waals surface area contributed by atoms with Crippen molar-refractivity contribution in [2.45, 2.75) is 46.3 Å². The third-order valence-electron chi connectivity index (χ3n) is 5.44. The summed E-state index contributed by atoms with van der Waals surface area (Å²) in [5.74, 6) is 1.46. The number of hydrogen-bond acceptors (Lipinski definition) is 4. The van der Waals surface area contributed by atoms with Crippen LogP contribution in [0.1, 0.15) is 56.6 Å². The first-order chi connectivity index (χ1) is 14.9. The van der Waals surface area contributed by atoms with E-state index >= 15 is 0 Å². The van der Waals surface area contributed by atoms with Gasteiger partial charge in [-0.05, 0) is 43.5 Å². The first-order valence-electron chi connectivity index (χ1n) is 10.0. The van der Waals surface area contributed by atoms with Crippen molar-refractivity contribution >= 4 is 35.1 Å². The van der Waals surface area contributed by atoms with Crippen LogP contribution in [0.2, 0.25) is 10.0 Å². The molecule has 2 aromatic rings. The Morgan fingerprint density at radius 3 is 2.34 bits per heavy atom. The predicted octanol–water partition coefficient (Wildman–Crippen LogP) is 5.84. The van der Waals surface area contributed by atoms with Crippen LogP contribution in [0.25, 0.3) is 0 Å². The molecule has 0 radical (unpaired) electrons. The fraction of sp³-hybridized carbons (Fsp3) is 0.360. The van der Waals surface area contributed by atoms with Crippen LogP contribution in [0, 0.1) is 17.8 Å². The lowest BCUT2D eigenvalue weighted by molar-refractivity contribution is -0.133. The second kappa shape index (κ2) is 10.3. The van der Waals surface area contributed by atoms with E-state index in [4.69, 9.17) is 39.1 Å². The fourth-order valence-electron chi connectivity index (χ4n) is 2.59. The number of amides is 1. The van der Waals surface area contributed by atoms with Gasteiger partial charge in [-0.25, -0.2) is 4.79 Å². The number of esters is 1. The molecule has 0 aliphatic carbocycles. The zero-order chi connectivity index (χ0) is 24.1. The second-order valence-corrected chi connectivity index (χ2v) is 9.65. The topological polar surface area (TPSA) is 64.6 Å². The number of rotatable bonds is 7. The molecule has 2 rings (SSSR count). The average Bonchev–Trinajstić information content (AvgIpc) is 2.69. The van der Waals surface area contributed by atoms with Gasteiger partial charge in [0.2, 0.25) is 6.10 Å². The lowest BCUT2D eigenvalue weighted by Gasteiger charge is -2.40. The molecule has 1 N–H and O–H groups in total. The van der Waals surface area contributed by atoms with Crippen molar-refractivity contribution in [3.05, 3.63) is 63.6 Å². The van der Waals surface area contributed by atoms with Gasteiger partial charge in [-0.3, -0.25) is 4.79 Å². The van der Waals surface area contributed by atoms with Crippen LogP contribution < -0.4 is 10.1 Å². The normalized spacial score (nSPS) is 12.4. The monoisotopic (exact) mass is 475 g/mol. The molecule has 1 unspecified atom stereocenters. The van der Waals surface area contributed by atoms with Gasteiger partial charge in [-0.1, -0.05) is 68.1 Å². The van der Waals surface area contributed by atoms with Crippen molar-refractivity contribution in [2.75, 3.05) is 6.61 Å². The summed E-state index contributed by atoms with van der Waals surface area (Å²) in [4.78, 5) is 26.3. The van der Waals surface area contributed by atoms with Crippen LogP contribution in [0.4, 0.5) is 0 Å². The van der Waals surface area contributed by atoms with Crippen molar-refractivity contribution < 1.29 is 19.1 Å². The summed E-state index contributed by atoms with van der Waals surface area (Å²) in [6, 6.07) is 11.2. The molecule has 170 valence electrons. The molecule has 32 heavy (non-hydrogen) atoms. The third kappa shape index (κ3) is 6.18. The summed E-state index contributed by atoms with van der Waals surface area (Å²) >= 11 is 12.1. The van der Waals surface area contributed by atoms with E-state index in [-0.39, 0.29) is 22.6 Å². The molecule has 5 nitrogen and oxygen atoms in total. The summed E-state index contributed by atoms with van der Waals surface area (Å²) in [7, 11) is 0.